The first kappa shape index (κ1) is 30.0. The van der Waals surface area contributed by atoms with Gasteiger partial charge < -0.3 is 43.2 Å². The lowest BCUT2D eigenvalue weighted by Gasteiger charge is -2.28. The molecule has 5 amide bonds. The second-order valence-corrected chi connectivity index (χ2v) is 8.40. The van der Waals surface area contributed by atoms with Gasteiger partial charge in [-0.15, -0.1) is 0 Å². The van der Waals surface area contributed by atoms with Crippen LogP contribution < -0.4 is 33.2 Å². The molecular formula is C21H34N8O7. The zero-order chi connectivity index (χ0) is 27.4. The van der Waals surface area contributed by atoms with Crippen molar-refractivity contribution >= 4 is 35.5 Å². The van der Waals surface area contributed by atoms with Gasteiger partial charge in [0.25, 0.3) is 0 Å². The highest BCUT2D eigenvalue weighted by Gasteiger charge is 2.33. The number of aromatic amines is 1. The van der Waals surface area contributed by atoms with Crippen molar-refractivity contribution < 1.29 is 33.9 Å². The minimum absolute atomic E-state index is 0.0333. The maximum atomic E-state index is 13.2. The predicted octanol–water partition coefficient (Wildman–Crippen LogP) is -2.99. The molecule has 0 saturated heterocycles. The largest absolute Gasteiger partial charge is 0.480 e. The van der Waals surface area contributed by atoms with E-state index in [1.165, 1.54) is 12.5 Å². The lowest BCUT2D eigenvalue weighted by molar-refractivity contribution is -0.144. The molecule has 0 aromatic carbocycles. The molecule has 1 aromatic heterocycles. The number of nitrogens with two attached hydrogens (primary N) is 3. The Morgan fingerprint density at radius 3 is 2.14 bits per heavy atom. The lowest BCUT2D eigenvalue weighted by atomic mass is 9.97. The van der Waals surface area contributed by atoms with E-state index in [1.807, 2.05) is 0 Å². The summed E-state index contributed by atoms with van der Waals surface area (Å²) < 4.78 is 0. The van der Waals surface area contributed by atoms with E-state index in [1.54, 1.807) is 13.8 Å². The predicted molar refractivity (Wildman–Crippen MR) is 125 cm³/mol. The quantitative estimate of drug-likeness (QED) is 0.112. The summed E-state index contributed by atoms with van der Waals surface area (Å²) in [5, 5.41) is 16.6. The molecule has 1 rings (SSSR count). The van der Waals surface area contributed by atoms with Gasteiger partial charge in [0, 0.05) is 24.7 Å². The number of imidazole rings is 1. The molecule has 15 heteroatoms. The van der Waals surface area contributed by atoms with Crippen LogP contribution in [0.4, 0.5) is 0 Å². The van der Waals surface area contributed by atoms with Gasteiger partial charge in [-0.3, -0.25) is 24.0 Å². The molecule has 0 saturated carbocycles. The maximum Gasteiger partial charge on any atom is 0.326 e. The van der Waals surface area contributed by atoms with Crippen LogP contribution in [-0.2, 0) is 35.2 Å². The number of carbonyl (C=O) groups excluding carboxylic acids is 5. The fraction of sp³-hybridized carbons (Fsp3) is 0.571. The highest BCUT2D eigenvalue weighted by atomic mass is 16.4. The van der Waals surface area contributed by atoms with Crippen LogP contribution in [0.5, 0.6) is 0 Å². The average Bonchev–Trinajstić information content (AvgIpc) is 3.31. The third-order valence-corrected chi connectivity index (χ3v) is 5.46. The summed E-state index contributed by atoms with van der Waals surface area (Å²) in [5.74, 6) is -5.78. The third-order valence-electron chi connectivity index (χ3n) is 5.46. The number of aliphatic carboxylic acids is 1. The topological polar surface area (TPSA) is 265 Å². The van der Waals surface area contributed by atoms with Crippen molar-refractivity contribution in [3.8, 4) is 0 Å². The molecule has 1 aromatic rings. The van der Waals surface area contributed by atoms with Crippen molar-refractivity contribution in [1.82, 2.24) is 25.9 Å². The molecule has 0 bridgehead atoms. The molecule has 5 unspecified atom stereocenters. The highest BCUT2D eigenvalue weighted by molar-refractivity contribution is 5.95. The van der Waals surface area contributed by atoms with Crippen molar-refractivity contribution in [2.24, 2.45) is 23.1 Å². The van der Waals surface area contributed by atoms with E-state index in [-0.39, 0.29) is 19.3 Å². The number of carboxylic acids is 1. The first-order valence-corrected chi connectivity index (χ1v) is 11.3. The Hall–Kier alpha value is -4.01. The zero-order valence-electron chi connectivity index (χ0n) is 20.2. The summed E-state index contributed by atoms with van der Waals surface area (Å²) in [4.78, 5) is 78.9. The van der Waals surface area contributed by atoms with Crippen LogP contribution in [0.25, 0.3) is 0 Å². The normalized spacial score (nSPS) is 15.0. The number of hydrogen-bond acceptors (Lipinski definition) is 8. The van der Waals surface area contributed by atoms with Gasteiger partial charge in [0.1, 0.15) is 18.1 Å². The van der Waals surface area contributed by atoms with Gasteiger partial charge in [-0.1, -0.05) is 20.3 Å². The molecule has 0 aliphatic rings. The van der Waals surface area contributed by atoms with Crippen molar-refractivity contribution in [1.29, 1.82) is 0 Å². The summed E-state index contributed by atoms with van der Waals surface area (Å²) in [5.41, 5.74) is 16.4. The van der Waals surface area contributed by atoms with Gasteiger partial charge in [0.05, 0.1) is 18.8 Å². The number of primary amides is 2. The second-order valence-electron chi connectivity index (χ2n) is 8.40. The van der Waals surface area contributed by atoms with E-state index in [0.29, 0.717) is 12.1 Å². The average molecular weight is 511 g/mol. The molecule has 15 nitrogen and oxygen atoms in total. The number of H-pyrrole nitrogens is 1. The van der Waals surface area contributed by atoms with Gasteiger partial charge in [0.15, 0.2) is 0 Å². The van der Waals surface area contributed by atoms with Crippen LogP contribution >= 0.6 is 0 Å². The van der Waals surface area contributed by atoms with Crippen LogP contribution in [0.1, 0.15) is 45.2 Å². The second kappa shape index (κ2) is 14.4. The van der Waals surface area contributed by atoms with Crippen LogP contribution in [0.3, 0.4) is 0 Å². The fourth-order valence-corrected chi connectivity index (χ4v) is 3.15. The summed E-state index contributed by atoms with van der Waals surface area (Å²) in [6.45, 7) is 3.42. The number of aromatic nitrogens is 2. The third kappa shape index (κ3) is 10.1. The van der Waals surface area contributed by atoms with Crippen molar-refractivity contribution in [2.75, 3.05) is 0 Å². The van der Waals surface area contributed by atoms with Gasteiger partial charge in [-0.05, 0) is 12.3 Å². The van der Waals surface area contributed by atoms with Crippen LogP contribution in [0, 0.1) is 5.92 Å². The lowest BCUT2D eigenvalue weighted by Crippen LogP contribution is -2.59. The van der Waals surface area contributed by atoms with E-state index in [4.69, 9.17) is 17.2 Å². The van der Waals surface area contributed by atoms with Crippen molar-refractivity contribution in [2.45, 2.75) is 70.1 Å². The van der Waals surface area contributed by atoms with E-state index in [0.717, 1.165) is 0 Å². The molecule has 0 aliphatic carbocycles. The molecule has 36 heavy (non-hydrogen) atoms. The summed E-state index contributed by atoms with van der Waals surface area (Å²) >= 11 is 0. The van der Waals surface area contributed by atoms with Crippen LogP contribution in [0.2, 0.25) is 0 Å². The standard InChI is InChI=1S/C21H34N8O7/c1-3-10(2)17(20(34)28-14(21(35)36)7-16(24)31)29-19(33)13(6-11-8-25-9-26-11)27-18(32)12(22)4-5-15(23)30/h8-10,12-14,17H,3-7,22H2,1-2H3,(H2,23,30)(H2,24,31)(H,25,26)(H,27,32)(H,28,34)(H,29,33)(H,35,36). The Morgan fingerprint density at radius 1 is 1.00 bits per heavy atom. The van der Waals surface area contributed by atoms with E-state index >= 15 is 0 Å². The number of amides is 5. The number of nitrogens with zero attached hydrogens (tertiary/aromatic N) is 1. The van der Waals surface area contributed by atoms with Crippen LogP contribution in [0.15, 0.2) is 12.5 Å². The Labute approximate surface area is 207 Å². The van der Waals surface area contributed by atoms with Gasteiger partial charge in [-0.25, -0.2) is 9.78 Å². The van der Waals surface area contributed by atoms with Crippen molar-refractivity contribution in [3.63, 3.8) is 0 Å². The summed E-state index contributed by atoms with van der Waals surface area (Å²) in [6, 6.07) is -5.09. The minimum atomic E-state index is -1.58. The van der Waals surface area contributed by atoms with E-state index in [2.05, 4.69) is 25.9 Å². The number of carbonyl (C=O) groups is 6. The van der Waals surface area contributed by atoms with Crippen LogP contribution in [-0.4, -0.2) is 74.7 Å². The summed E-state index contributed by atoms with van der Waals surface area (Å²) in [6.07, 6.45) is 2.43. The SMILES string of the molecule is CCC(C)C(NC(=O)C(Cc1cnc[nH]1)NC(=O)C(N)CCC(N)=O)C(=O)NC(CC(N)=O)C(=O)O. The zero-order valence-corrected chi connectivity index (χ0v) is 20.2. The molecule has 5 atom stereocenters. The first-order chi connectivity index (χ1) is 16.8. The highest BCUT2D eigenvalue weighted by Crippen LogP contribution is 2.10. The molecule has 0 radical (unpaired) electrons. The fourth-order valence-electron chi connectivity index (χ4n) is 3.15. The van der Waals surface area contributed by atoms with Gasteiger partial charge in [-0.2, -0.15) is 0 Å². The van der Waals surface area contributed by atoms with E-state index in [9.17, 15) is 33.9 Å². The molecule has 0 spiro atoms. The monoisotopic (exact) mass is 510 g/mol. The minimum Gasteiger partial charge on any atom is -0.480 e. The molecule has 1 heterocycles. The molecule has 11 N–H and O–H groups in total. The number of hydrogen-bond donors (Lipinski definition) is 8. The summed E-state index contributed by atoms with van der Waals surface area (Å²) in [7, 11) is 0. The Kier molecular flexibility index (Phi) is 12.0. The number of rotatable bonds is 16. The van der Waals surface area contributed by atoms with Gasteiger partial charge in [0.2, 0.25) is 29.5 Å². The number of carboxylic acid groups (broad SMARTS) is 1. The van der Waals surface area contributed by atoms with Crippen molar-refractivity contribution in [3.05, 3.63) is 18.2 Å². The Balaban J connectivity index is 3.07. The molecular weight excluding hydrogens is 476 g/mol. The smallest absolute Gasteiger partial charge is 0.326 e. The Morgan fingerprint density at radius 2 is 1.64 bits per heavy atom. The molecule has 0 aliphatic heterocycles. The molecule has 200 valence electrons. The Bertz CT molecular complexity index is 937. The molecule has 0 fully saturated rings. The van der Waals surface area contributed by atoms with E-state index < -0.39 is 72.0 Å². The number of nitrogens with one attached hydrogen (secondary N) is 4. The first-order valence-electron chi connectivity index (χ1n) is 11.3. The van der Waals surface area contributed by atoms with Gasteiger partial charge >= 0.3 is 5.97 Å². The maximum absolute atomic E-state index is 13.2.